The molecular weight excluding hydrogens is 316 g/mol. The highest BCUT2D eigenvalue weighted by atomic mass is 35.5. The SMILES string of the molecule is CCOC(=O)c1c(C)nc(OC)c(C#N)c1-c1ccccc1Cl. The number of hydrogen-bond acceptors (Lipinski definition) is 5. The standard InChI is InChI=1S/C17H15ClN2O3/c1-4-23-17(21)14-10(2)20-16(22-3)12(9-19)15(14)11-7-5-6-8-13(11)18/h5-8H,4H2,1-3H3. The molecule has 0 atom stereocenters. The summed E-state index contributed by atoms with van der Waals surface area (Å²) in [4.78, 5) is 16.6. The Morgan fingerprint density at radius 3 is 2.65 bits per heavy atom. The number of rotatable bonds is 4. The summed E-state index contributed by atoms with van der Waals surface area (Å²) in [5, 5.41) is 9.96. The van der Waals surface area contributed by atoms with Gasteiger partial charge >= 0.3 is 5.97 Å². The lowest BCUT2D eigenvalue weighted by Gasteiger charge is -2.16. The van der Waals surface area contributed by atoms with Gasteiger partial charge in [0.25, 0.3) is 0 Å². The average molecular weight is 331 g/mol. The summed E-state index contributed by atoms with van der Waals surface area (Å²) in [6, 6.07) is 9.03. The van der Waals surface area contributed by atoms with E-state index in [9.17, 15) is 10.1 Å². The van der Waals surface area contributed by atoms with Crippen LogP contribution in [-0.4, -0.2) is 24.7 Å². The van der Waals surface area contributed by atoms with Crippen LogP contribution in [0.2, 0.25) is 5.02 Å². The normalized spacial score (nSPS) is 10.0. The minimum atomic E-state index is -0.549. The van der Waals surface area contributed by atoms with Crippen molar-refractivity contribution in [3.05, 3.63) is 46.1 Å². The molecule has 0 spiro atoms. The van der Waals surface area contributed by atoms with Gasteiger partial charge in [0.2, 0.25) is 5.88 Å². The molecule has 118 valence electrons. The third kappa shape index (κ3) is 3.13. The smallest absolute Gasteiger partial charge is 0.340 e. The molecule has 5 nitrogen and oxygen atoms in total. The van der Waals surface area contributed by atoms with Crippen LogP contribution in [-0.2, 0) is 4.74 Å². The van der Waals surface area contributed by atoms with Crippen LogP contribution in [0, 0.1) is 18.3 Å². The Kier molecular flexibility index (Phi) is 5.20. The van der Waals surface area contributed by atoms with Crippen molar-refractivity contribution in [3.8, 4) is 23.1 Å². The maximum Gasteiger partial charge on any atom is 0.340 e. The quantitative estimate of drug-likeness (QED) is 0.798. The second-order valence-electron chi connectivity index (χ2n) is 4.64. The molecule has 0 aliphatic heterocycles. The van der Waals surface area contributed by atoms with Crippen LogP contribution in [0.3, 0.4) is 0 Å². The summed E-state index contributed by atoms with van der Waals surface area (Å²) < 4.78 is 10.3. The Morgan fingerprint density at radius 1 is 1.39 bits per heavy atom. The third-order valence-electron chi connectivity index (χ3n) is 3.27. The first-order chi connectivity index (χ1) is 11.0. The minimum absolute atomic E-state index is 0.146. The van der Waals surface area contributed by atoms with Crippen LogP contribution in [0.15, 0.2) is 24.3 Å². The van der Waals surface area contributed by atoms with Gasteiger partial charge in [-0.2, -0.15) is 5.26 Å². The number of carbonyl (C=O) groups excluding carboxylic acids is 1. The molecule has 6 heteroatoms. The lowest BCUT2D eigenvalue weighted by molar-refractivity contribution is 0.0526. The van der Waals surface area contributed by atoms with Gasteiger partial charge < -0.3 is 9.47 Å². The van der Waals surface area contributed by atoms with E-state index in [1.54, 1.807) is 38.1 Å². The van der Waals surface area contributed by atoms with E-state index in [-0.39, 0.29) is 23.6 Å². The molecule has 0 radical (unpaired) electrons. The molecule has 0 N–H and O–H groups in total. The highest BCUT2D eigenvalue weighted by Crippen LogP contribution is 2.37. The number of nitriles is 1. The molecule has 2 rings (SSSR count). The molecule has 1 aromatic heterocycles. The van der Waals surface area contributed by atoms with Crippen LogP contribution >= 0.6 is 11.6 Å². The Bertz CT molecular complexity index is 797. The van der Waals surface area contributed by atoms with Gasteiger partial charge in [-0.25, -0.2) is 9.78 Å². The number of ether oxygens (including phenoxy) is 2. The second kappa shape index (κ2) is 7.12. The molecule has 0 saturated carbocycles. The number of halogens is 1. The van der Waals surface area contributed by atoms with Crippen LogP contribution in [0.25, 0.3) is 11.1 Å². The Balaban J connectivity index is 2.90. The van der Waals surface area contributed by atoms with E-state index < -0.39 is 5.97 Å². The third-order valence-corrected chi connectivity index (χ3v) is 3.60. The molecule has 0 fully saturated rings. The summed E-state index contributed by atoms with van der Waals surface area (Å²) >= 11 is 6.27. The van der Waals surface area contributed by atoms with E-state index in [2.05, 4.69) is 11.1 Å². The first kappa shape index (κ1) is 16.8. The van der Waals surface area contributed by atoms with Gasteiger partial charge in [-0.3, -0.25) is 0 Å². The number of benzene rings is 1. The van der Waals surface area contributed by atoms with E-state index in [1.165, 1.54) is 7.11 Å². The van der Waals surface area contributed by atoms with Crippen molar-refractivity contribution in [1.29, 1.82) is 5.26 Å². The first-order valence-corrected chi connectivity index (χ1v) is 7.33. The van der Waals surface area contributed by atoms with Crippen molar-refractivity contribution in [2.24, 2.45) is 0 Å². The molecule has 2 aromatic rings. The molecule has 0 aliphatic rings. The van der Waals surface area contributed by atoms with E-state index in [0.717, 1.165) is 0 Å². The topological polar surface area (TPSA) is 72.2 Å². The lowest BCUT2D eigenvalue weighted by atomic mass is 9.94. The summed E-state index contributed by atoms with van der Waals surface area (Å²) in [6.07, 6.45) is 0. The van der Waals surface area contributed by atoms with Gasteiger partial charge in [-0.15, -0.1) is 0 Å². The predicted octanol–water partition coefficient (Wildman–Crippen LogP) is 3.77. The van der Waals surface area contributed by atoms with E-state index in [1.807, 2.05) is 0 Å². The molecular formula is C17H15ClN2O3. The molecule has 0 saturated heterocycles. The number of methoxy groups -OCH3 is 1. The Hall–Kier alpha value is -2.58. The zero-order valence-corrected chi connectivity index (χ0v) is 13.8. The number of nitrogens with zero attached hydrogens (tertiary/aromatic N) is 2. The summed E-state index contributed by atoms with van der Waals surface area (Å²) in [6.45, 7) is 3.59. The van der Waals surface area contributed by atoms with Crippen molar-refractivity contribution in [3.63, 3.8) is 0 Å². The van der Waals surface area contributed by atoms with Crippen LogP contribution in [0.5, 0.6) is 5.88 Å². The molecule has 0 aliphatic carbocycles. The van der Waals surface area contributed by atoms with Gasteiger partial charge in [-0.1, -0.05) is 29.8 Å². The van der Waals surface area contributed by atoms with E-state index >= 15 is 0 Å². The number of aromatic nitrogens is 1. The second-order valence-corrected chi connectivity index (χ2v) is 5.05. The van der Waals surface area contributed by atoms with Crippen LogP contribution < -0.4 is 4.74 Å². The number of pyridine rings is 1. The molecule has 0 amide bonds. The zero-order chi connectivity index (χ0) is 17.0. The fraction of sp³-hybridized carbons (Fsp3) is 0.235. The maximum atomic E-state index is 12.4. The number of aryl methyl sites for hydroxylation is 1. The summed E-state index contributed by atoms with van der Waals surface area (Å²) in [5.74, 6) is -0.403. The Labute approximate surface area is 139 Å². The summed E-state index contributed by atoms with van der Waals surface area (Å²) in [7, 11) is 1.42. The average Bonchev–Trinajstić information content (AvgIpc) is 2.54. The first-order valence-electron chi connectivity index (χ1n) is 6.95. The number of esters is 1. The summed E-state index contributed by atoms with van der Waals surface area (Å²) in [5.41, 5.74) is 1.71. The minimum Gasteiger partial charge on any atom is -0.480 e. The lowest BCUT2D eigenvalue weighted by Crippen LogP contribution is -2.12. The zero-order valence-electron chi connectivity index (χ0n) is 13.0. The van der Waals surface area contributed by atoms with Gasteiger partial charge in [0, 0.05) is 16.1 Å². The van der Waals surface area contributed by atoms with Crippen molar-refractivity contribution < 1.29 is 14.3 Å². The van der Waals surface area contributed by atoms with E-state index in [0.29, 0.717) is 21.8 Å². The fourth-order valence-electron chi connectivity index (χ4n) is 2.31. The van der Waals surface area contributed by atoms with Gasteiger partial charge in [-0.05, 0) is 19.9 Å². The number of carbonyl (C=O) groups is 1. The van der Waals surface area contributed by atoms with Crippen LogP contribution in [0.4, 0.5) is 0 Å². The molecule has 23 heavy (non-hydrogen) atoms. The van der Waals surface area contributed by atoms with Crippen LogP contribution in [0.1, 0.15) is 28.5 Å². The predicted molar refractivity (Wildman–Crippen MR) is 86.6 cm³/mol. The van der Waals surface area contributed by atoms with Crippen molar-refractivity contribution in [1.82, 2.24) is 4.98 Å². The number of hydrogen-bond donors (Lipinski definition) is 0. The molecule has 1 heterocycles. The van der Waals surface area contributed by atoms with Crippen molar-refractivity contribution in [2.75, 3.05) is 13.7 Å². The van der Waals surface area contributed by atoms with Gasteiger partial charge in [0.1, 0.15) is 11.6 Å². The molecule has 0 unspecified atom stereocenters. The molecule has 1 aromatic carbocycles. The highest BCUT2D eigenvalue weighted by Gasteiger charge is 2.26. The molecule has 0 bridgehead atoms. The van der Waals surface area contributed by atoms with Crippen molar-refractivity contribution in [2.45, 2.75) is 13.8 Å². The van der Waals surface area contributed by atoms with Gasteiger partial charge in [0.05, 0.1) is 25.0 Å². The maximum absolute atomic E-state index is 12.4. The van der Waals surface area contributed by atoms with Crippen molar-refractivity contribution >= 4 is 17.6 Å². The Morgan fingerprint density at radius 2 is 2.09 bits per heavy atom. The monoisotopic (exact) mass is 330 g/mol. The van der Waals surface area contributed by atoms with Gasteiger partial charge in [0.15, 0.2) is 0 Å². The fourth-order valence-corrected chi connectivity index (χ4v) is 2.54. The highest BCUT2D eigenvalue weighted by molar-refractivity contribution is 6.33. The van der Waals surface area contributed by atoms with E-state index in [4.69, 9.17) is 21.1 Å². The largest absolute Gasteiger partial charge is 0.480 e.